The van der Waals surface area contributed by atoms with Gasteiger partial charge in [-0.2, -0.15) is 0 Å². The molecule has 0 aromatic rings. The van der Waals surface area contributed by atoms with Gasteiger partial charge >= 0.3 is 0 Å². The van der Waals surface area contributed by atoms with E-state index in [9.17, 15) is 10.2 Å². The predicted octanol–water partition coefficient (Wildman–Crippen LogP) is 1.27. The van der Waals surface area contributed by atoms with Gasteiger partial charge in [-0.15, -0.1) is 0 Å². The monoisotopic (exact) mass is 196 g/mol. The Morgan fingerprint density at radius 3 is 2.36 bits per heavy atom. The zero-order chi connectivity index (χ0) is 9.71. The van der Waals surface area contributed by atoms with E-state index < -0.39 is 0 Å². The van der Waals surface area contributed by atoms with Gasteiger partial charge in [0.1, 0.15) is 0 Å². The van der Waals surface area contributed by atoms with Gasteiger partial charge in [0, 0.05) is 13.2 Å². The summed E-state index contributed by atoms with van der Waals surface area (Å²) in [6, 6.07) is 0. The van der Waals surface area contributed by atoms with Crippen molar-refractivity contribution in [2.75, 3.05) is 13.2 Å². The molecule has 0 saturated heterocycles. The van der Waals surface area contributed by atoms with Crippen LogP contribution in [0.3, 0.4) is 0 Å². The highest BCUT2D eigenvalue weighted by molar-refractivity contribution is 5.05. The molecule has 2 N–H and O–H groups in total. The van der Waals surface area contributed by atoms with E-state index in [2.05, 4.69) is 0 Å². The van der Waals surface area contributed by atoms with Gasteiger partial charge in [0.25, 0.3) is 0 Å². The predicted molar refractivity (Wildman–Crippen MR) is 53.6 cm³/mol. The van der Waals surface area contributed by atoms with E-state index in [1.807, 2.05) is 0 Å². The third-order valence-electron chi connectivity index (χ3n) is 5.26. The molecular weight excluding hydrogens is 176 g/mol. The summed E-state index contributed by atoms with van der Waals surface area (Å²) < 4.78 is 0. The lowest BCUT2D eigenvalue weighted by Crippen LogP contribution is -2.31. The van der Waals surface area contributed by atoms with Crippen LogP contribution in [0.1, 0.15) is 25.7 Å². The molecule has 3 fully saturated rings. The highest BCUT2D eigenvalue weighted by atomic mass is 16.3. The molecule has 14 heavy (non-hydrogen) atoms. The lowest BCUT2D eigenvalue weighted by atomic mass is 9.73. The second kappa shape index (κ2) is 3.21. The van der Waals surface area contributed by atoms with E-state index in [1.165, 1.54) is 25.7 Å². The van der Waals surface area contributed by atoms with Gasteiger partial charge in [-0.1, -0.05) is 0 Å². The fourth-order valence-corrected chi connectivity index (χ4v) is 4.80. The first kappa shape index (κ1) is 9.17. The van der Waals surface area contributed by atoms with Crippen molar-refractivity contribution >= 4 is 0 Å². The Morgan fingerprint density at radius 2 is 1.64 bits per heavy atom. The number of fused-ring (bicyclic) bond motifs is 5. The first-order valence-electron chi connectivity index (χ1n) is 6.07. The molecule has 6 atom stereocenters. The standard InChI is InChI=1S/C12H20O2/c13-5-7-1-2-10-8-3-9(6-14)11(4-8)12(7)10/h7-14H,1-6H2/t7-,8-,9-,10-,11-,12-/m0/s1. The van der Waals surface area contributed by atoms with E-state index in [0.717, 1.165) is 23.7 Å². The Balaban J connectivity index is 1.82. The summed E-state index contributed by atoms with van der Waals surface area (Å²) in [6.45, 7) is 0.755. The number of hydrogen-bond donors (Lipinski definition) is 2. The Morgan fingerprint density at radius 1 is 0.857 bits per heavy atom. The number of rotatable bonds is 2. The summed E-state index contributed by atoms with van der Waals surface area (Å²) in [5.74, 6) is 4.42. The number of aliphatic hydroxyl groups is 2. The molecule has 3 rings (SSSR count). The molecule has 0 radical (unpaired) electrons. The average Bonchev–Trinajstić information content (AvgIpc) is 2.87. The molecule has 0 aromatic heterocycles. The third kappa shape index (κ3) is 1.04. The molecule has 3 aliphatic carbocycles. The molecule has 0 aliphatic heterocycles. The minimum atomic E-state index is 0.378. The van der Waals surface area contributed by atoms with Crippen molar-refractivity contribution in [1.29, 1.82) is 0 Å². The van der Waals surface area contributed by atoms with Crippen LogP contribution in [0.15, 0.2) is 0 Å². The molecule has 2 bridgehead atoms. The van der Waals surface area contributed by atoms with Crippen LogP contribution in [0, 0.1) is 35.5 Å². The van der Waals surface area contributed by atoms with E-state index in [4.69, 9.17) is 0 Å². The quantitative estimate of drug-likeness (QED) is 0.698. The first-order chi connectivity index (χ1) is 6.85. The van der Waals surface area contributed by atoms with Crippen molar-refractivity contribution in [3.63, 3.8) is 0 Å². The summed E-state index contributed by atoms with van der Waals surface area (Å²) in [4.78, 5) is 0. The lowest BCUT2D eigenvalue weighted by molar-refractivity contribution is 0.0794. The average molecular weight is 196 g/mol. The highest BCUT2D eigenvalue weighted by Gasteiger charge is 2.56. The van der Waals surface area contributed by atoms with E-state index in [-0.39, 0.29) is 0 Å². The normalized spacial score (nSPS) is 55.3. The summed E-state index contributed by atoms with van der Waals surface area (Å²) in [7, 11) is 0. The molecule has 3 aliphatic rings. The summed E-state index contributed by atoms with van der Waals surface area (Å²) in [5, 5.41) is 18.6. The third-order valence-corrected chi connectivity index (χ3v) is 5.26. The van der Waals surface area contributed by atoms with Crippen molar-refractivity contribution < 1.29 is 10.2 Å². The summed E-state index contributed by atoms with van der Waals surface area (Å²) in [5.41, 5.74) is 0. The molecule has 3 saturated carbocycles. The number of aliphatic hydroxyl groups excluding tert-OH is 2. The fourth-order valence-electron chi connectivity index (χ4n) is 4.80. The second-order valence-corrected chi connectivity index (χ2v) is 5.60. The topological polar surface area (TPSA) is 40.5 Å². The van der Waals surface area contributed by atoms with Crippen molar-refractivity contribution in [2.24, 2.45) is 35.5 Å². The maximum Gasteiger partial charge on any atom is 0.0462 e. The maximum atomic E-state index is 9.34. The van der Waals surface area contributed by atoms with Gasteiger partial charge in [-0.3, -0.25) is 0 Å². The van der Waals surface area contributed by atoms with Gasteiger partial charge < -0.3 is 10.2 Å². The molecule has 0 aromatic carbocycles. The van der Waals surface area contributed by atoms with E-state index >= 15 is 0 Å². The van der Waals surface area contributed by atoms with Gasteiger partial charge in [0.2, 0.25) is 0 Å². The van der Waals surface area contributed by atoms with Crippen LogP contribution in [-0.2, 0) is 0 Å². The zero-order valence-electron chi connectivity index (χ0n) is 8.60. The summed E-state index contributed by atoms with van der Waals surface area (Å²) >= 11 is 0. The second-order valence-electron chi connectivity index (χ2n) is 5.60. The van der Waals surface area contributed by atoms with Crippen LogP contribution >= 0.6 is 0 Å². The van der Waals surface area contributed by atoms with Crippen molar-refractivity contribution in [3.8, 4) is 0 Å². The SMILES string of the molecule is OC[C@@H]1C[C@H]2C[C@@H]1[C@H]1[C@H](CO)CC[C@@H]21. The first-order valence-corrected chi connectivity index (χ1v) is 6.07. The van der Waals surface area contributed by atoms with Crippen LogP contribution in [-0.4, -0.2) is 23.4 Å². The molecule has 0 unspecified atom stereocenters. The Bertz CT molecular complexity index is 228. The Hall–Kier alpha value is -0.0800. The van der Waals surface area contributed by atoms with Gasteiger partial charge in [0.15, 0.2) is 0 Å². The van der Waals surface area contributed by atoms with E-state index in [1.54, 1.807) is 0 Å². The van der Waals surface area contributed by atoms with Crippen LogP contribution < -0.4 is 0 Å². The van der Waals surface area contributed by atoms with Crippen molar-refractivity contribution in [1.82, 2.24) is 0 Å². The Labute approximate surface area is 85.3 Å². The fraction of sp³-hybridized carbons (Fsp3) is 1.00. The van der Waals surface area contributed by atoms with Gasteiger partial charge in [-0.05, 0) is 61.2 Å². The molecule has 0 spiro atoms. The number of hydrogen-bond acceptors (Lipinski definition) is 2. The Kier molecular flexibility index (Phi) is 2.10. The molecule has 0 amide bonds. The van der Waals surface area contributed by atoms with Crippen LogP contribution in [0.5, 0.6) is 0 Å². The van der Waals surface area contributed by atoms with Crippen LogP contribution in [0.25, 0.3) is 0 Å². The lowest BCUT2D eigenvalue weighted by Gasteiger charge is -2.33. The van der Waals surface area contributed by atoms with Crippen molar-refractivity contribution in [3.05, 3.63) is 0 Å². The zero-order valence-corrected chi connectivity index (χ0v) is 8.60. The molecule has 0 heterocycles. The maximum absolute atomic E-state index is 9.34. The van der Waals surface area contributed by atoms with E-state index in [0.29, 0.717) is 25.0 Å². The molecular formula is C12H20O2. The van der Waals surface area contributed by atoms with Crippen LogP contribution in [0.4, 0.5) is 0 Å². The highest BCUT2D eigenvalue weighted by Crippen LogP contribution is 2.62. The minimum absolute atomic E-state index is 0.378. The van der Waals surface area contributed by atoms with Crippen molar-refractivity contribution in [2.45, 2.75) is 25.7 Å². The minimum Gasteiger partial charge on any atom is -0.396 e. The smallest absolute Gasteiger partial charge is 0.0462 e. The molecule has 80 valence electrons. The van der Waals surface area contributed by atoms with Gasteiger partial charge in [-0.25, -0.2) is 0 Å². The van der Waals surface area contributed by atoms with Gasteiger partial charge in [0.05, 0.1) is 0 Å². The summed E-state index contributed by atoms with van der Waals surface area (Å²) in [6.07, 6.45) is 5.18. The van der Waals surface area contributed by atoms with Crippen LogP contribution in [0.2, 0.25) is 0 Å². The molecule has 2 heteroatoms. The molecule has 2 nitrogen and oxygen atoms in total. The largest absolute Gasteiger partial charge is 0.396 e.